The molecule has 3 rings (SSSR count). The van der Waals surface area contributed by atoms with Crippen molar-refractivity contribution >= 4 is 34.9 Å². The van der Waals surface area contributed by atoms with Crippen molar-refractivity contribution in [3.8, 4) is 0 Å². The number of halogens is 1. The van der Waals surface area contributed by atoms with Gasteiger partial charge < -0.3 is 14.5 Å². The summed E-state index contributed by atoms with van der Waals surface area (Å²) < 4.78 is 5.39. The van der Waals surface area contributed by atoms with Crippen molar-refractivity contribution in [1.82, 2.24) is 14.9 Å². The zero-order valence-electron chi connectivity index (χ0n) is 18.7. The van der Waals surface area contributed by atoms with Gasteiger partial charge in [-0.15, -0.1) is 0 Å². The second kappa shape index (κ2) is 10.9. The number of carbonyl (C=O) groups is 1. The first-order valence-corrected chi connectivity index (χ1v) is 10.4. The molecule has 1 aliphatic heterocycles. The second-order valence-corrected chi connectivity index (χ2v) is 8.58. The molecule has 0 aliphatic carbocycles. The number of nitro groups is 2. The Balaban J connectivity index is 0.000000321. The Labute approximate surface area is 195 Å². The van der Waals surface area contributed by atoms with Gasteiger partial charge in [-0.05, 0) is 39.8 Å². The van der Waals surface area contributed by atoms with Crippen LogP contribution in [-0.2, 0) is 4.74 Å². The lowest BCUT2D eigenvalue weighted by atomic mass is 10.2. The highest BCUT2D eigenvalue weighted by atomic mass is 35.5. The third kappa shape index (κ3) is 7.83. The van der Waals surface area contributed by atoms with E-state index in [2.05, 4.69) is 9.97 Å². The quantitative estimate of drug-likeness (QED) is 0.360. The van der Waals surface area contributed by atoms with Crippen LogP contribution in [0.2, 0.25) is 5.15 Å². The molecule has 1 fully saturated rings. The second-order valence-electron chi connectivity index (χ2n) is 8.20. The van der Waals surface area contributed by atoms with Gasteiger partial charge >= 0.3 is 6.09 Å². The van der Waals surface area contributed by atoms with Crippen molar-refractivity contribution in [2.24, 2.45) is 0 Å². The van der Waals surface area contributed by atoms with Gasteiger partial charge in [-0.25, -0.2) is 14.8 Å². The standard InChI is InChI=1S/C15H22N4O4.C5H3ClN2O2/c1-11-10-17(14(20)23-15(2,3)4)7-8-18(11)13-6-5-12(9-16-13)19(21)22;6-5-2-1-4(3-7-5)8(9)10/h5-6,9,11H,7-8,10H2,1-4H3;1-3H/t11-;/m1./s1. The minimum absolute atomic E-state index is 0.0335. The molecule has 1 saturated heterocycles. The normalized spacial score (nSPS) is 15.8. The lowest BCUT2D eigenvalue weighted by molar-refractivity contribution is -0.385. The number of piperazine rings is 1. The van der Waals surface area contributed by atoms with Crippen LogP contribution in [0.3, 0.4) is 0 Å². The fourth-order valence-corrected chi connectivity index (χ4v) is 3.03. The number of ether oxygens (including phenoxy) is 1. The summed E-state index contributed by atoms with van der Waals surface area (Å²) in [5, 5.41) is 21.0. The first kappa shape index (κ1) is 25.7. The molecule has 3 heterocycles. The van der Waals surface area contributed by atoms with Gasteiger partial charge in [0.05, 0.1) is 9.85 Å². The zero-order chi connectivity index (χ0) is 24.8. The first-order valence-electron chi connectivity index (χ1n) is 9.98. The Morgan fingerprint density at radius 1 is 1.06 bits per heavy atom. The van der Waals surface area contributed by atoms with Crippen molar-refractivity contribution in [2.75, 3.05) is 24.5 Å². The van der Waals surface area contributed by atoms with Crippen molar-refractivity contribution in [3.05, 3.63) is 62.0 Å². The maximum absolute atomic E-state index is 12.1. The van der Waals surface area contributed by atoms with Crippen molar-refractivity contribution in [1.29, 1.82) is 0 Å². The number of rotatable bonds is 3. The van der Waals surface area contributed by atoms with Gasteiger partial charge in [0.25, 0.3) is 11.4 Å². The molecule has 1 aliphatic rings. The van der Waals surface area contributed by atoms with Crippen molar-refractivity contribution < 1.29 is 19.4 Å². The molecule has 33 heavy (non-hydrogen) atoms. The summed E-state index contributed by atoms with van der Waals surface area (Å²) in [7, 11) is 0. The van der Waals surface area contributed by atoms with Crippen LogP contribution >= 0.6 is 11.6 Å². The summed E-state index contributed by atoms with van der Waals surface area (Å²) in [6.45, 7) is 9.15. The number of anilines is 1. The lowest BCUT2D eigenvalue weighted by Gasteiger charge is -2.40. The topological polar surface area (TPSA) is 145 Å². The van der Waals surface area contributed by atoms with E-state index in [-0.39, 0.29) is 28.7 Å². The summed E-state index contributed by atoms with van der Waals surface area (Å²) in [4.78, 5) is 43.2. The van der Waals surface area contributed by atoms with Crippen LogP contribution in [-0.4, -0.2) is 62.1 Å². The number of amides is 1. The molecule has 1 atom stereocenters. The van der Waals surface area contributed by atoms with Crippen LogP contribution in [0.25, 0.3) is 0 Å². The molecule has 0 radical (unpaired) electrons. The molecule has 2 aromatic heterocycles. The maximum Gasteiger partial charge on any atom is 0.410 e. The van der Waals surface area contributed by atoms with E-state index in [0.717, 1.165) is 6.20 Å². The van der Waals surface area contributed by atoms with Gasteiger partial charge in [-0.3, -0.25) is 20.2 Å². The molecule has 12 nitrogen and oxygen atoms in total. The predicted molar refractivity (Wildman–Crippen MR) is 121 cm³/mol. The molecular formula is C20H25ClN6O6. The summed E-state index contributed by atoms with van der Waals surface area (Å²) >= 11 is 5.38. The SMILES string of the molecule is C[C@@H]1CN(C(=O)OC(C)(C)C)CCN1c1ccc([N+](=O)[O-])cn1.O=[N+]([O-])c1ccc(Cl)nc1. The Morgan fingerprint density at radius 3 is 2.06 bits per heavy atom. The van der Waals surface area contributed by atoms with Crippen LogP contribution in [0.4, 0.5) is 22.0 Å². The first-order chi connectivity index (χ1) is 15.4. The fourth-order valence-electron chi connectivity index (χ4n) is 2.92. The van der Waals surface area contributed by atoms with Gasteiger partial charge in [-0.2, -0.15) is 0 Å². The number of aromatic nitrogens is 2. The third-order valence-electron chi connectivity index (χ3n) is 4.44. The predicted octanol–water partition coefficient (Wildman–Crippen LogP) is 4.08. The average Bonchev–Trinajstić information content (AvgIpc) is 2.73. The Bertz CT molecular complexity index is 980. The van der Waals surface area contributed by atoms with Gasteiger partial charge in [0.2, 0.25) is 0 Å². The Morgan fingerprint density at radius 2 is 1.64 bits per heavy atom. The highest BCUT2D eigenvalue weighted by molar-refractivity contribution is 6.29. The number of pyridine rings is 2. The fraction of sp³-hybridized carbons (Fsp3) is 0.450. The minimum Gasteiger partial charge on any atom is -0.444 e. The van der Waals surface area contributed by atoms with Gasteiger partial charge in [0, 0.05) is 37.8 Å². The molecule has 2 aromatic rings. The van der Waals surface area contributed by atoms with Crippen LogP contribution in [0.15, 0.2) is 36.7 Å². The number of hydrogen-bond donors (Lipinski definition) is 0. The molecule has 0 N–H and O–H groups in total. The lowest BCUT2D eigenvalue weighted by Crippen LogP contribution is -2.54. The third-order valence-corrected chi connectivity index (χ3v) is 4.66. The van der Waals surface area contributed by atoms with E-state index < -0.39 is 15.4 Å². The van der Waals surface area contributed by atoms with E-state index >= 15 is 0 Å². The molecule has 178 valence electrons. The van der Waals surface area contributed by atoms with Crippen LogP contribution in [0.1, 0.15) is 27.7 Å². The minimum atomic E-state index is -0.524. The highest BCUT2D eigenvalue weighted by Crippen LogP contribution is 2.22. The molecule has 1 amide bonds. The molecule has 0 spiro atoms. The highest BCUT2D eigenvalue weighted by Gasteiger charge is 2.30. The van der Waals surface area contributed by atoms with E-state index in [1.807, 2.05) is 32.6 Å². The van der Waals surface area contributed by atoms with Crippen LogP contribution < -0.4 is 4.90 Å². The zero-order valence-corrected chi connectivity index (χ0v) is 19.4. The van der Waals surface area contributed by atoms with Crippen molar-refractivity contribution in [2.45, 2.75) is 39.3 Å². The van der Waals surface area contributed by atoms with Gasteiger partial charge in [-0.1, -0.05) is 11.6 Å². The van der Waals surface area contributed by atoms with E-state index in [1.165, 1.54) is 24.4 Å². The Hall–Kier alpha value is -3.54. The molecule has 0 aromatic carbocycles. The van der Waals surface area contributed by atoms with E-state index in [0.29, 0.717) is 25.5 Å². The monoisotopic (exact) mass is 480 g/mol. The largest absolute Gasteiger partial charge is 0.444 e. The van der Waals surface area contributed by atoms with E-state index in [4.69, 9.17) is 16.3 Å². The van der Waals surface area contributed by atoms with E-state index in [9.17, 15) is 25.0 Å². The summed E-state index contributed by atoms with van der Waals surface area (Å²) in [6, 6.07) is 5.80. The summed E-state index contributed by atoms with van der Waals surface area (Å²) in [5.74, 6) is 0.673. The number of carbonyl (C=O) groups excluding carboxylic acids is 1. The number of hydrogen-bond acceptors (Lipinski definition) is 9. The smallest absolute Gasteiger partial charge is 0.410 e. The molecule has 0 unspecified atom stereocenters. The average molecular weight is 481 g/mol. The van der Waals surface area contributed by atoms with E-state index in [1.54, 1.807) is 11.0 Å². The summed E-state index contributed by atoms with van der Waals surface area (Å²) in [5.41, 5.74) is -0.601. The maximum atomic E-state index is 12.1. The molecule has 0 saturated carbocycles. The molecule has 13 heteroatoms. The van der Waals surface area contributed by atoms with Gasteiger partial charge in [0.15, 0.2) is 0 Å². The molecular weight excluding hydrogens is 456 g/mol. The van der Waals surface area contributed by atoms with Crippen LogP contribution in [0.5, 0.6) is 0 Å². The van der Waals surface area contributed by atoms with Crippen LogP contribution in [0, 0.1) is 20.2 Å². The number of nitrogens with zero attached hydrogens (tertiary/aromatic N) is 6. The van der Waals surface area contributed by atoms with Crippen molar-refractivity contribution in [3.63, 3.8) is 0 Å². The summed E-state index contributed by atoms with van der Waals surface area (Å²) in [6.07, 6.45) is 2.05. The molecule has 0 bridgehead atoms. The van der Waals surface area contributed by atoms with Gasteiger partial charge in [0.1, 0.15) is 29.0 Å². The Kier molecular flexibility index (Phi) is 8.46.